The minimum Gasteiger partial charge on any atom is -0.472 e. The summed E-state index contributed by atoms with van der Waals surface area (Å²) in [6, 6.07) is 7.24. The molecule has 0 aliphatic rings. The van der Waals surface area contributed by atoms with Crippen molar-refractivity contribution in [2.45, 2.75) is 12.8 Å². The summed E-state index contributed by atoms with van der Waals surface area (Å²) in [6.07, 6.45) is -4.08. The summed E-state index contributed by atoms with van der Waals surface area (Å²) >= 11 is 29.9. The molecule has 3 aromatic rings. The van der Waals surface area contributed by atoms with Crippen molar-refractivity contribution >= 4 is 58.0 Å². The molecule has 0 spiro atoms. The molecule has 0 unspecified atom stereocenters. The minimum atomic E-state index is -4.71. The van der Waals surface area contributed by atoms with E-state index < -0.39 is 17.6 Å². The second-order valence-electron chi connectivity index (χ2n) is 5.53. The van der Waals surface area contributed by atoms with Crippen LogP contribution in [0.5, 0.6) is 5.88 Å². The van der Waals surface area contributed by atoms with Crippen LogP contribution in [-0.4, -0.2) is 9.78 Å². The molecule has 2 aromatic carbocycles. The Balaban J connectivity index is 2.06. The van der Waals surface area contributed by atoms with Gasteiger partial charge in [-0.05, 0) is 29.8 Å². The first kappa shape index (κ1) is 21.4. The fraction of sp³-hybridized carbons (Fsp3) is 0.118. The van der Waals surface area contributed by atoms with Gasteiger partial charge in [-0.2, -0.15) is 23.0 Å². The van der Waals surface area contributed by atoms with E-state index in [1.807, 2.05) is 0 Å². The van der Waals surface area contributed by atoms with Crippen LogP contribution in [0.1, 0.15) is 11.1 Å². The van der Waals surface area contributed by atoms with Crippen LogP contribution in [0, 0.1) is 0 Å². The Morgan fingerprint density at radius 3 is 2.11 bits per heavy atom. The SMILES string of the molecule is FC(F)(F)c1cnn(-c2c(Cl)cc(Cl)cc2Cl)c1OCc1ccc(Cl)c(Cl)c1. The van der Waals surface area contributed by atoms with Gasteiger partial charge in [-0.15, -0.1) is 0 Å². The van der Waals surface area contributed by atoms with Gasteiger partial charge < -0.3 is 4.74 Å². The molecule has 0 aliphatic carbocycles. The van der Waals surface area contributed by atoms with E-state index in [1.165, 1.54) is 24.3 Å². The third-order valence-corrected chi connectivity index (χ3v) is 5.12. The van der Waals surface area contributed by atoms with Gasteiger partial charge in [-0.1, -0.05) is 64.1 Å². The summed E-state index contributed by atoms with van der Waals surface area (Å²) in [7, 11) is 0. The topological polar surface area (TPSA) is 27.1 Å². The summed E-state index contributed by atoms with van der Waals surface area (Å²) in [5.74, 6) is -0.579. The zero-order chi connectivity index (χ0) is 20.6. The average Bonchev–Trinajstić information content (AvgIpc) is 2.99. The van der Waals surface area contributed by atoms with Crippen LogP contribution in [0.3, 0.4) is 0 Å². The summed E-state index contributed by atoms with van der Waals surface area (Å²) < 4.78 is 46.6. The van der Waals surface area contributed by atoms with E-state index in [0.717, 1.165) is 4.68 Å². The minimum absolute atomic E-state index is 0.00683. The van der Waals surface area contributed by atoms with Crippen LogP contribution in [0.4, 0.5) is 13.2 Å². The molecule has 148 valence electrons. The number of hydrogen-bond donors (Lipinski definition) is 0. The van der Waals surface area contributed by atoms with E-state index in [-0.39, 0.29) is 32.4 Å². The lowest BCUT2D eigenvalue weighted by atomic mass is 10.2. The number of aromatic nitrogens is 2. The monoisotopic (exact) mass is 488 g/mol. The third kappa shape index (κ3) is 4.47. The molecule has 0 N–H and O–H groups in total. The van der Waals surface area contributed by atoms with Crippen molar-refractivity contribution in [3.8, 4) is 11.6 Å². The zero-order valence-electron chi connectivity index (χ0n) is 13.5. The fourth-order valence-electron chi connectivity index (χ4n) is 2.35. The van der Waals surface area contributed by atoms with E-state index in [0.29, 0.717) is 16.8 Å². The van der Waals surface area contributed by atoms with E-state index in [9.17, 15) is 13.2 Å². The first-order chi connectivity index (χ1) is 13.1. The van der Waals surface area contributed by atoms with Crippen LogP contribution in [0.15, 0.2) is 36.5 Å². The molecule has 0 amide bonds. The maximum atomic E-state index is 13.4. The normalized spacial score (nSPS) is 11.7. The van der Waals surface area contributed by atoms with Gasteiger partial charge in [0.25, 0.3) is 0 Å². The van der Waals surface area contributed by atoms with Gasteiger partial charge in [-0.3, -0.25) is 0 Å². The summed E-state index contributed by atoms with van der Waals surface area (Å²) in [5.41, 5.74) is -0.578. The van der Waals surface area contributed by atoms with Crippen molar-refractivity contribution in [1.82, 2.24) is 9.78 Å². The summed E-state index contributed by atoms with van der Waals surface area (Å²) in [5, 5.41) is 4.56. The molecular weight excluding hydrogens is 482 g/mol. The van der Waals surface area contributed by atoms with Crippen molar-refractivity contribution in [1.29, 1.82) is 0 Å². The lowest BCUT2D eigenvalue weighted by Crippen LogP contribution is -2.10. The van der Waals surface area contributed by atoms with Crippen molar-refractivity contribution < 1.29 is 17.9 Å². The highest BCUT2D eigenvalue weighted by Gasteiger charge is 2.38. The summed E-state index contributed by atoms with van der Waals surface area (Å²) in [6.45, 7) is -0.228. The summed E-state index contributed by atoms with van der Waals surface area (Å²) in [4.78, 5) is 0. The second-order valence-corrected chi connectivity index (χ2v) is 7.59. The molecular formula is C17H8Cl5F3N2O. The second kappa shape index (κ2) is 8.20. The average molecular weight is 491 g/mol. The Bertz CT molecular complexity index is 1010. The Hall–Kier alpha value is -1.31. The molecule has 0 radical (unpaired) electrons. The molecule has 0 atom stereocenters. The number of alkyl halides is 3. The number of halogens is 8. The number of nitrogens with zero attached hydrogens (tertiary/aromatic N) is 2. The number of rotatable bonds is 4. The van der Waals surface area contributed by atoms with Crippen molar-refractivity contribution in [2.24, 2.45) is 0 Å². The maximum Gasteiger partial charge on any atom is 0.423 e. The van der Waals surface area contributed by atoms with E-state index in [2.05, 4.69) is 5.10 Å². The van der Waals surface area contributed by atoms with Crippen molar-refractivity contribution in [2.75, 3.05) is 0 Å². The van der Waals surface area contributed by atoms with Gasteiger partial charge in [-0.25, -0.2) is 0 Å². The lowest BCUT2D eigenvalue weighted by molar-refractivity contribution is -0.139. The highest BCUT2D eigenvalue weighted by atomic mass is 35.5. The van der Waals surface area contributed by atoms with Crippen LogP contribution < -0.4 is 4.74 Å². The molecule has 1 heterocycles. The van der Waals surface area contributed by atoms with Gasteiger partial charge in [0.15, 0.2) is 0 Å². The predicted molar refractivity (Wildman–Crippen MR) is 104 cm³/mol. The molecule has 1 aromatic heterocycles. The Morgan fingerprint density at radius 1 is 0.893 bits per heavy atom. The van der Waals surface area contributed by atoms with Crippen molar-refractivity contribution in [3.05, 3.63) is 72.8 Å². The first-order valence-electron chi connectivity index (χ1n) is 7.45. The molecule has 0 bridgehead atoms. The molecule has 0 fully saturated rings. The van der Waals surface area contributed by atoms with Crippen LogP contribution in [0.2, 0.25) is 25.1 Å². The molecule has 3 nitrogen and oxygen atoms in total. The quantitative estimate of drug-likeness (QED) is 0.374. The van der Waals surface area contributed by atoms with Gasteiger partial charge in [0.05, 0.1) is 26.3 Å². The molecule has 3 rings (SSSR count). The Morgan fingerprint density at radius 2 is 1.54 bits per heavy atom. The predicted octanol–water partition coefficient (Wildman–Crippen LogP) is 7.74. The smallest absolute Gasteiger partial charge is 0.423 e. The standard InChI is InChI=1S/C17H8Cl5F3N2O/c18-9-4-13(21)15(14(22)5-9)27-16(10(6-26-27)17(23,24)25)28-7-8-1-2-11(19)12(20)3-8/h1-6H,7H2. The number of hydrogen-bond acceptors (Lipinski definition) is 2. The highest BCUT2D eigenvalue weighted by molar-refractivity contribution is 6.42. The van der Waals surface area contributed by atoms with E-state index in [4.69, 9.17) is 62.7 Å². The number of benzene rings is 2. The molecule has 28 heavy (non-hydrogen) atoms. The van der Waals surface area contributed by atoms with Crippen LogP contribution in [-0.2, 0) is 12.8 Å². The van der Waals surface area contributed by atoms with Gasteiger partial charge >= 0.3 is 6.18 Å². The maximum absolute atomic E-state index is 13.4. The third-order valence-electron chi connectivity index (χ3n) is 3.58. The highest BCUT2D eigenvalue weighted by Crippen LogP contribution is 2.41. The molecule has 0 saturated carbocycles. The Kier molecular flexibility index (Phi) is 6.27. The zero-order valence-corrected chi connectivity index (χ0v) is 17.3. The fourth-order valence-corrected chi connectivity index (χ4v) is 3.65. The molecule has 0 saturated heterocycles. The van der Waals surface area contributed by atoms with E-state index in [1.54, 1.807) is 6.07 Å². The van der Waals surface area contributed by atoms with Gasteiger partial charge in [0.2, 0.25) is 5.88 Å². The van der Waals surface area contributed by atoms with Crippen LogP contribution in [0.25, 0.3) is 5.69 Å². The van der Waals surface area contributed by atoms with E-state index >= 15 is 0 Å². The molecule has 0 aliphatic heterocycles. The van der Waals surface area contributed by atoms with Gasteiger partial charge in [0, 0.05) is 5.02 Å². The van der Waals surface area contributed by atoms with Crippen molar-refractivity contribution in [3.63, 3.8) is 0 Å². The number of ether oxygens (including phenoxy) is 1. The first-order valence-corrected chi connectivity index (χ1v) is 9.33. The Labute approximate surface area is 182 Å². The molecule has 11 heteroatoms. The van der Waals surface area contributed by atoms with Crippen LogP contribution >= 0.6 is 58.0 Å². The lowest BCUT2D eigenvalue weighted by Gasteiger charge is -2.15. The van der Waals surface area contributed by atoms with Gasteiger partial charge in [0.1, 0.15) is 17.9 Å². The largest absolute Gasteiger partial charge is 0.472 e.